The monoisotopic (exact) mass is 407 g/mol. The van der Waals surface area contributed by atoms with Crippen molar-refractivity contribution in [2.45, 2.75) is 39.3 Å². The maximum absolute atomic E-state index is 11.3. The van der Waals surface area contributed by atoms with Crippen LogP contribution in [0.5, 0.6) is 23.0 Å². The second-order valence-corrected chi connectivity index (χ2v) is 8.02. The van der Waals surface area contributed by atoms with Crippen molar-refractivity contribution in [3.8, 4) is 34.1 Å². The lowest BCUT2D eigenvalue weighted by Crippen LogP contribution is -2.36. The Labute approximate surface area is 177 Å². The normalized spacial score (nSPS) is 18.2. The number of aryl methyl sites for hydroxylation is 1. The Hall–Kier alpha value is -2.92. The fraction of sp³-hybridized carbons (Fsp3) is 0.360. The molecule has 2 N–H and O–H groups in total. The fourth-order valence-corrected chi connectivity index (χ4v) is 4.83. The van der Waals surface area contributed by atoms with Crippen LogP contribution in [-0.2, 0) is 6.42 Å². The topological polar surface area (TPSA) is 60.0 Å². The SMILES string of the molecule is COc1cc2c(c(-c3c(C)cc(OC)c4c(OC)cccc34)c1O)C[C@H](C)N[C@H]2C. The summed E-state index contributed by atoms with van der Waals surface area (Å²) in [5, 5.41) is 16.8. The first-order chi connectivity index (χ1) is 14.4. The predicted molar refractivity (Wildman–Crippen MR) is 120 cm³/mol. The van der Waals surface area contributed by atoms with Crippen LogP contribution in [0.3, 0.4) is 0 Å². The molecule has 30 heavy (non-hydrogen) atoms. The van der Waals surface area contributed by atoms with Crippen LogP contribution in [0.15, 0.2) is 30.3 Å². The van der Waals surface area contributed by atoms with Crippen molar-refractivity contribution in [1.29, 1.82) is 0 Å². The van der Waals surface area contributed by atoms with Crippen molar-refractivity contribution in [2.75, 3.05) is 21.3 Å². The lowest BCUT2D eigenvalue weighted by molar-refractivity contribution is 0.369. The first-order valence-electron chi connectivity index (χ1n) is 10.2. The van der Waals surface area contributed by atoms with E-state index in [1.54, 1.807) is 21.3 Å². The molecule has 158 valence electrons. The largest absolute Gasteiger partial charge is 0.504 e. The third-order valence-corrected chi connectivity index (χ3v) is 6.11. The molecule has 5 nitrogen and oxygen atoms in total. The molecular formula is C25H29NO4. The first kappa shape index (κ1) is 20.4. The third kappa shape index (κ3) is 3.05. The van der Waals surface area contributed by atoms with Gasteiger partial charge in [0.25, 0.3) is 0 Å². The van der Waals surface area contributed by atoms with Gasteiger partial charge in [-0.1, -0.05) is 12.1 Å². The van der Waals surface area contributed by atoms with Crippen molar-refractivity contribution in [1.82, 2.24) is 5.32 Å². The molecule has 1 aliphatic rings. The highest BCUT2D eigenvalue weighted by Crippen LogP contribution is 2.50. The van der Waals surface area contributed by atoms with E-state index in [0.29, 0.717) is 11.8 Å². The minimum Gasteiger partial charge on any atom is -0.504 e. The van der Waals surface area contributed by atoms with Gasteiger partial charge in [-0.3, -0.25) is 0 Å². The summed E-state index contributed by atoms with van der Waals surface area (Å²) in [7, 11) is 4.92. The molecule has 0 radical (unpaired) electrons. The van der Waals surface area contributed by atoms with E-state index in [9.17, 15) is 5.11 Å². The number of phenolic OH excluding ortho intramolecular Hbond substituents is 1. The third-order valence-electron chi connectivity index (χ3n) is 6.11. The zero-order valence-corrected chi connectivity index (χ0v) is 18.4. The van der Waals surface area contributed by atoms with Crippen LogP contribution in [0, 0.1) is 6.92 Å². The van der Waals surface area contributed by atoms with Gasteiger partial charge in [0.15, 0.2) is 11.5 Å². The van der Waals surface area contributed by atoms with Crippen molar-refractivity contribution in [2.24, 2.45) is 0 Å². The second kappa shape index (κ2) is 7.73. The van der Waals surface area contributed by atoms with Gasteiger partial charge in [-0.05, 0) is 73.0 Å². The number of fused-ring (bicyclic) bond motifs is 2. The van der Waals surface area contributed by atoms with Gasteiger partial charge in [-0.15, -0.1) is 0 Å². The van der Waals surface area contributed by atoms with E-state index in [1.165, 1.54) is 0 Å². The summed E-state index contributed by atoms with van der Waals surface area (Å²) in [6, 6.07) is 10.4. The molecule has 0 saturated heterocycles. The van der Waals surface area contributed by atoms with Crippen molar-refractivity contribution in [3.63, 3.8) is 0 Å². The minimum atomic E-state index is 0.163. The molecule has 0 spiro atoms. The highest BCUT2D eigenvalue weighted by atomic mass is 16.5. The minimum absolute atomic E-state index is 0.163. The highest BCUT2D eigenvalue weighted by molar-refractivity contribution is 6.06. The molecule has 1 heterocycles. The Morgan fingerprint density at radius 3 is 2.30 bits per heavy atom. The van der Waals surface area contributed by atoms with E-state index >= 15 is 0 Å². The van der Waals surface area contributed by atoms with Gasteiger partial charge in [0.1, 0.15) is 11.5 Å². The molecule has 0 aliphatic carbocycles. The molecule has 0 aromatic heterocycles. The van der Waals surface area contributed by atoms with Gasteiger partial charge in [0.2, 0.25) is 0 Å². The predicted octanol–water partition coefficient (Wildman–Crippen LogP) is 5.14. The molecule has 5 heteroatoms. The van der Waals surface area contributed by atoms with Crippen LogP contribution in [0.25, 0.3) is 21.9 Å². The Balaban J connectivity index is 2.16. The van der Waals surface area contributed by atoms with E-state index in [-0.39, 0.29) is 11.8 Å². The van der Waals surface area contributed by atoms with Gasteiger partial charge in [-0.25, -0.2) is 0 Å². The molecule has 0 unspecified atom stereocenters. The van der Waals surface area contributed by atoms with Gasteiger partial charge >= 0.3 is 0 Å². The number of hydrogen-bond donors (Lipinski definition) is 2. The van der Waals surface area contributed by atoms with E-state index in [2.05, 4.69) is 32.2 Å². The smallest absolute Gasteiger partial charge is 0.165 e. The molecule has 1 aliphatic heterocycles. The van der Waals surface area contributed by atoms with E-state index in [0.717, 1.165) is 56.5 Å². The lowest BCUT2D eigenvalue weighted by atomic mass is 9.82. The zero-order valence-electron chi connectivity index (χ0n) is 18.4. The molecule has 0 amide bonds. The maximum atomic E-state index is 11.3. The second-order valence-electron chi connectivity index (χ2n) is 8.02. The number of nitrogens with one attached hydrogen (secondary N) is 1. The molecule has 0 fully saturated rings. The lowest BCUT2D eigenvalue weighted by Gasteiger charge is -2.32. The standard InChI is InChI=1S/C25H29NO4/c1-13-10-20(29-5)23-16(8-7-9-19(23)28-4)22(13)24-18-11-14(2)26-15(3)17(18)12-21(30-6)25(24)27/h7-10,12,14-15,26-27H,11H2,1-6H3/t14-,15-/m0/s1. The summed E-state index contributed by atoms with van der Waals surface area (Å²) < 4.78 is 16.9. The van der Waals surface area contributed by atoms with Crippen LogP contribution in [-0.4, -0.2) is 32.5 Å². The van der Waals surface area contributed by atoms with Crippen LogP contribution < -0.4 is 19.5 Å². The molecule has 2 atom stereocenters. The van der Waals surface area contributed by atoms with Crippen molar-refractivity contribution >= 4 is 10.8 Å². The molecule has 3 aromatic carbocycles. The number of methoxy groups -OCH3 is 3. The number of rotatable bonds is 4. The molecule has 0 bridgehead atoms. The van der Waals surface area contributed by atoms with Crippen molar-refractivity contribution < 1.29 is 19.3 Å². The summed E-state index contributed by atoms with van der Waals surface area (Å²) in [6.07, 6.45) is 0.823. The number of phenols is 1. The molecule has 0 saturated carbocycles. The molecule has 3 aromatic rings. The van der Waals surface area contributed by atoms with E-state index < -0.39 is 0 Å². The number of ether oxygens (including phenoxy) is 3. The van der Waals surface area contributed by atoms with E-state index in [1.807, 2.05) is 24.3 Å². The van der Waals surface area contributed by atoms with Crippen LogP contribution in [0.2, 0.25) is 0 Å². The quantitative estimate of drug-likeness (QED) is 0.627. The van der Waals surface area contributed by atoms with Crippen LogP contribution >= 0.6 is 0 Å². The van der Waals surface area contributed by atoms with Crippen molar-refractivity contribution in [3.05, 3.63) is 47.0 Å². The number of hydrogen-bond acceptors (Lipinski definition) is 5. The first-order valence-corrected chi connectivity index (χ1v) is 10.2. The Morgan fingerprint density at radius 2 is 1.63 bits per heavy atom. The molecular weight excluding hydrogens is 378 g/mol. The zero-order chi connectivity index (χ0) is 21.6. The van der Waals surface area contributed by atoms with Crippen LogP contribution in [0.4, 0.5) is 0 Å². The Morgan fingerprint density at radius 1 is 0.933 bits per heavy atom. The van der Waals surface area contributed by atoms with E-state index in [4.69, 9.17) is 14.2 Å². The highest BCUT2D eigenvalue weighted by Gasteiger charge is 2.30. The Bertz CT molecular complexity index is 1120. The summed E-state index contributed by atoms with van der Waals surface area (Å²) >= 11 is 0. The number of benzene rings is 3. The fourth-order valence-electron chi connectivity index (χ4n) is 4.83. The average molecular weight is 408 g/mol. The van der Waals surface area contributed by atoms with Gasteiger partial charge < -0.3 is 24.6 Å². The van der Waals surface area contributed by atoms with Crippen LogP contribution in [0.1, 0.15) is 36.6 Å². The summed E-state index contributed by atoms with van der Waals surface area (Å²) in [6.45, 7) is 6.37. The number of aromatic hydroxyl groups is 1. The average Bonchev–Trinajstić information content (AvgIpc) is 2.73. The van der Waals surface area contributed by atoms with Gasteiger partial charge in [-0.2, -0.15) is 0 Å². The summed E-state index contributed by atoms with van der Waals surface area (Å²) in [4.78, 5) is 0. The van der Waals surface area contributed by atoms with Gasteiger partial charge in [0, 0.05) is 17.6 Å². The summed E-state index contributed by atoms with van der Waals surface area (Å²) in [5.41, 5.74) is 5.16. The summed E-state index contributed by atoms with van der Waals surface area (Å²) in [5.74, 6) is 2.15. The maximum Gasteiger partial charge on any atom is 0.165 e. The molecule has 4 rings (SSSR count). The van der Waals surface area contributed by atoms with Gasteiger partial charge in [0.05, 0.1) is 26.7 Å². The Kier molecular flexibility index (Phi) is 5.24.